The van der Waals surface area contributed by atoms with E-state index in [4.69, 9.17) is 10.5 Å². The van der Waals surface area contributed by atoms with Crippen molar-refractivity contribution in [3.05, 3.63) is 35.9 Å². The summed E-state index contributed by atoms with van der Waals surface area (Å²) in [5.74, 6) is 1.76. The normalized spacial score (nSPS) is 30.5. The molecule has 1 aliphatic heterocycles. The minimum Gasteiger partial charge on any atom is -0.378 e. The van der Waals surface area contributed by atoms with Crippen LogP contribution in [0, 0.1) is 17.8 Å². The molecule has 1 heterocycles. The van der Waals surface area contributed by atoms with Gasteiger partial charge in [-0.3, -0.25) is 4.79 Å². The number of hydrogen-bond donors (Lipinski definition) is 1. The molecule has 0 aromatic heterocycles. The van der Waals surface area contributed by atoms with Crippen LogP contribution in [0.3, 0.4) is 0 Å². The van der Waals surface area contributed by atoms with Crippen LogP contribution in [0.15, 0.2) is 30.3 Å². The molecule has 4 rings (SSSR count). The lowest BCUT2D eigenvalue weighted by molar-refractivity contribution is -0.141. The van der Waals surface area contributed by atoms with Gasteiger partial charge in [0.05, 0.1) is 12.7 Å². The number of benzene rings is 1. The molecule has 28 heavy (non-hydrogen) atoms. The Kier molecular flexibility index (Phi) is 7.78. The molecule has 2 saturated carbocycles. The Morgan fingerprint density at radius 3 is 2.32 bits per heavy atom. The van der Waals surface area contributed by atoms with Crippen molar-refractivity contribution in [3.8, 4) is 0 Å². The van der Waals surface area contributed by atoms with Crippen molar-refractivity contribution in [1.82, 2.24) is 4.90 Å². The molecule has 0 radical (unpaired) electrons. The van der Waals surface area contributed by atoms with Crippen LogP contribution in [0.4, 0.5) is 0 Å². The molecule has 1 saturated heterocycles. The van der Waals surface area contributed by atoms with Gasteiger partial charge in [-0.05, 0) is 62.3 Å². The second kappa shape index (κ2) is 10.1. The highest BCUT2D eigenvalue weighted by molar-refractivity contribution is 5.85. The molecule has 3 fully saturated rings. The van der Waals surface area contributed by atoms with E-state index in [1.807, 2.05) is 6.07 Å². The van der Waals surface area contributed by atoms with Gasteiger partial charge < -0.3 is 15.4 Å². The van der Waals surface area contributed by atoms with E-state index >= 15 is 0 Å². The van der Waals surface area contributed by atoms with Crippen molar-refractivity contribution >= 4 is 18.3 Å². The van der Waals surface area contributed by atoms with Crippen LogP contribution in [0.5, 0.6) is 0 Å². The van der Waals surface area contributed by atoms with Crippen LogP contribution < -0.4 is 5.73 Å². The van der Waals surface area contributed by atoms with Gasteiger partial charge in [-0.2, -0.15) is 0 Å². The standard InChI is InChI=1S/C23H34N2O2.ClH/c24-22-18-7-4-8-19(22)16-20(15-18)23(26)25-12-9-21(10-13-25)27-14-11-17-5-2-1-3-6-17;/h1-3,5-6,18-22H,4,7-16,24H2;1H. The number of fused-ring (bicyclic) bond motifs is 2. The zero-order chi connectivity index (χ0) is 18.6. The molecule has 1 amide bonds. The van der Waals surface area contributed by atoms with Crippen molar-refractivity contribution in [1.29, 1.82) is 0 Å². The number of likely N-dealkylation sites (tertiary alicyclic amines) is 1. The second-order valence-corrected chi connectivity index (χ2v) is 8.83. The fourth-order valence-corrected chi connectivity index (χ4v) is 5.48. The first-order valence-electron chi connectivity index (χ1n) is 10.9. The quantitative estimate of drug-likeness (QED) is 0.808. The van der Waals surface area contributed by atoms with E-state index in [2.05, 4.69) is 29.2 Å². The predicted molar refractivity (Wildman–Crippen MR) is 114 cm³/mol. The molecule has 2 N–H and O–H groups in total. The van der Waals surface area contributed by atoms with E-state index < -0.39 is 0 Å². The van der Waals surface area contributed by atoms with Crippen molar-refractivity contribution in [2.75, 3.05) is 19.7 Å². The maximum atomic E-state index is 13.0. The third-order valence-electron chi connectivity index (χ3n) is 7.10. The van der Waals surface area contributed by atoms with E-state index in [0.29, 0.717) is 29.9 Å². The number of hydrogen-bond acceptors (Lipinski definition) is 3. The van der Waals surface area contributed by atoms with Crippen LogP contribution in [-0.2, 0) is 16.0 Å². The van der Waals surface area contributed by atoms with Crippen LogP contribution in [0.25, 0.3) is 0 Å². The molecule has 156 valence electrons. The zero-order valence-electron chi connectivity index (χ0n) is 16.8. The first-order valence-corrected chi connectivity index (χ1v) is 10.9. The Bertz CT molecular complexity index is 604. The smallest absolute Gasteiger partial charge is 0.225 e. The molecule has 0 spiro atoms. The summed E-state index contributed by atoms with van der Waals surface area (Å²) in [6.45, 7) is 2.48. The Labute approximate surface area is 175 Å². The lowest BCUT2D eigenvalue weighted by Gasteiger charge is -2.45. The van der Waals surface area contributed by atoms with Crippen molar-refractivity contribution in [2.24, 2.45) is 23.5 Å². The molecular weight excluding hydrogens is 372 g/mol. The Morgan fingerprint density at radius 2 is 1.68 bits per heavy atom. The Balaban J connectivity index is 0.00000225. The molecule has 2 unspecified atom stereocenters. The van der Waals surface area contributed by atoms with Gasteiger partial charge in [0.1, 0.15) is 0 Å². The second-order valence-electron chi connectivity index (χ2n) is 8.83. The number of nitrogens with zero attached hydrogens (tertiary/aromatic N) is 1. The van der Waals surface area contributed by atoms with Gasteiger partial charge >= 0.3 is 0 Å². The highest BCUT2D eigenvalue weighted by Crippen LogP contribution is 2.42. The van der Waals surface area contributed by atoms with Crippen LogP contribution >= 0.6 is 12.4 Å². The fraction of sp³-hybridized carbons (Fsp3) is 0.696. The summed E-state index contributed by atoms with van der Waals surface area (Å²) in [6, 6.07) is 10.8. The average Bonchev–Trinajstić information content (AvgIpc) is 2.69. The first kappa shape index (κ1) is 21.6. The molecule has 1 aromatic rings. The Morgan fingerprint density at radius 1 is 1.04 bits per heavy atom. The topological polar surface area (TPSA) is 55.6 Å². The van der Waals surface area contributed by atoms with E-state index in [0.717, 1.165) is 51.8 Å². The van der Waals surface area contributed by atoms with E-state index in [1.165, 1.54) is 24.8 Å². The number of carbonyl (C=O) groups excluding carboxylic acids is 1. The van der Waals surface area contributed by atoms with Gasteiger partial charge in [0.2, 0.25) is 5.91 Å². The molecule has 2 bridgehead atoms. The number of nitrogens with two attached hydrogens (primary N) is 1. The zero-order valence-corrected chi connectivity index (χ0v) is 17.6. The van der Waals surface area contributed by atoms with Gasteiger partial charge in [0, 0.05) is 25.0 Å². The number of rotatable bonds is 5. The number of halogens is 1. The number of ether oxygens (including phenoxy) is 1. The van der Waals surface area contributed by atoms with Crippen molar-refractivity contribution in [2.45, 2.75) is 63.5 Å². The summed E-state index contributed by atoms with van der Waals surface area (Å²) in [5.41, 5.74) is 7.72. The molecule has 2 aliphatic carbocycles. The third kappa shape index (κ3) is 5.08. The molecular formula is C23H35ClN2O2. The summed E-state index contributed by atoms with van der Waals surface area (Å²) in [6.07, 6.45) is 8.99. The summed E-state index contributed by atoms with van der Waals surface area (Å²) >= 11 is 0. The van der Waals surface area contributed by atoms with Gasteiger partial charge in [-0.1, -0.05) is 36.8 Å². The van der Waals surface area contributed by atoms with Crippen molar-refractivity contribution < 1.29 is 9.53 Å². The lowest BCUT2D eigenvalue weighted by Crippen LogP contribution is -2.51. The highest BCUT2D eigenvalue weighted by Gasteiger charge is 2.42. The fourth-order valence-electron chi connectivity index (χ4n) is 5.48. The third-order valence-corrected chi connectivity index (χ3v) is 7.10. The summed E-state index contributed by atoms with van der Waals surface area (Å²) in [7, 11) is 0. The van der Waals surface area contributed by atoms with Crippen LogP contribution in [0.2, 0.25) is 0 Å². The van der Waals surface area contributed by atoms with Gasteiger partial charge in [-0.15, -0.1) is 12.4 Å². The maximum absolute atomic E-state index is 13.0. The minimum atomic E-state index is 0. The monoisotopic (exact) mass is 406 g/mol. The molecule has 5 heteroatoms. The largest absolute Gasteiger partial charge is 0.378 e. The lowest BCUT2D eigenvalue weighted by atomic mass is 9.65. The number of carbonyl (C=O) groups is 1. The van der Waals surface area contributed by atoms with E-state index in [-0.39, 0.29) is 18.3 Å². The van der Waals surface area contributed by atoms with Crippen LogP contribution in [0.1, 0.15) is 50.5 Å². The van der Waals surface area contributed by atoms with E-state index in [1.54, 1.807) is 0 Å². The Hall–Kier alpha value is -1.10. The van der Waals surface area contributed by atoms with Gasteiger partial charge in [0.25, 0.3) is 0 Å². The van der Waals surface area contributed by atoms with Gasteiger partial charge in [0.15, 0.2) is 0 Å². The summed E-state index contributed by atoms with van der Waals surface area (Å²) in [5, 5.41) is 0. The predicted octanol–water partition coefficient (Wildman–Crippen LogP) is 3.81. The molecule has 3 aliphatic rings. The molecule has 1 aromatic carbocycles. The molecule has 4 nitrogen and oxygen atoms in total. The SMILES string of the molecule is Cl.NC1C2CCCC1CC(C(=O)N1CCC(OCCc3ccccc3)CC1)C2. The first-order chi connectivity index (χ1) is 13.2. The number of amides is 1. The van der Waals surface area contributed by atoms with Gasteiger partial charge in [-0.25, -0.2) is 0 Å². The maximum Gasteiger partial charge on any atom is 0.225 e. The minimum absolute atomic E-state index is 0. The van der Waals surface area contributed by atoms with Crippen LogP contribution in [-0.4, -0.2) is 42.6 Å². The highest BCUT2D eigenvalue weighted by atomic mass is 35.5. The average molecular weight is 407 g/mol. The van der Waals surface area contributed by atoms with E-state index in [9.17, 15) is 4.79 Å². The summed E-state index contributed by atoms with van der Waals surface area (Å²) in [4.78, 5) is 15.1. The summed E-state index contributed by atoms with van der Waals surface area (Å²) < 4.78 is 6.08. The molecule has 2 atom stereocenters. The number of piperidine rings is 1. The van der Waals surface area contributed by atoms with Crippen molar-refractivity contribution in [3.63, 3.8) is 0 Å².